The zero-order chi connectivity index (χ0) is 23.2. The highest BCUT2D eigenvalue weighted by Gasteiger charge is 2.19. The number of hydrogen-bond donors (Lipinski definition) is 0. The number of nitrogens with zero attached hydrogens (tertiary/aromatic N) is 4. The van der Waals surface area contributed by atoms with Crippen molar-refractivity contribution in [2.75, 3.05) is 0 Å². The van der Waals surface area contributed by atoms with Gasteiger partial charge in [-0.1, -0.05) is 24.3 Å². The molecule has 6 heterocycles. The van der Waals surface area contributed by atoms with Gasteiger partial charge in [-0.3, -0.25) is 4.98 Å². The molecule has 4 nitrogen and oxygen atoms in total. The Labute approximate surface area is 217 Å². The standard InChI is InChI=1S/C27H16N4S4/c1-3-22(32-15-1)24-9-7-20(34-24)18-5-6-19(21-8-10-25(35-21)23-4-2-16-33-23)27-26(18)29-31(30-27)17-11-13-28-14-12-17/h1-16H. The summed E-state index contributed by atoms with van der Waals surface area (Å²) in [6.45, 7) is 0. The summed E-state index contributed by atoms with van der Waals surface area (Å²) in [5, 5.41) is 14.2. The van der Waals surface area contributed by atoms with Crippen LogP contribution in [-0.4, -0.2) is 20.0 Å². The molecule has 0 aliphatic rings. The molecule has 0 spiro atoms. The maximum absolute atomic E-state index is 4.97. The molecular formula is C27H16N4S4. The van der Waals surface area contributed by atoms with E-state index in [0.29, 0.717) is 0 Å². The lowest BCUT2D eigenvalue weighted by Gasteiger charge is -2.03. The van der Waals surface area contributed by atoms with Crippen LogP contribution in [0.1, 0.15) is 0 Å². The molecule has 0 saturated carbocycles. The second-order valence-corrected chi connectivity index (χ2v) is 11.9. The molecule has 0 aliphatic carbocycles. The number of rotatable bonds is 5. The summed E-state index contributed by atoms with van der Waals surface area (Å²) in [5.74, 6) is 0. The molecule has 35 heavy (non-hydrogen) atoms. The van der Waals surface area contributed by atoms with E-state index in [-0.39, 0.29) is 0 Å². The van der Waals surface area contributed by atoms with Crippen molar-refractivity contribution in [3.63, 3.8) is 0 Å². The van der Waals surface area contributed by atoms with E-state index >= 15 is 0 Å². The van der Waals surface area contributed by atoms with Gasteiger partial charge in [0.25, 0.3) is 0 Å². The van der Waals surface area contributed by atoms with Gasteiger partial charge in [-0.25, -0.2) is 0 Å². The third-order valence-electron chi connectivity index (χ3n) is 5.71. The quantitative estimate of drug-likeness (QED) is 0.226. The lowest BCUT2D eigenvalue weighted by Crippen LogP contribution is -1.98. The van der Waals surface area contributed by atoms with Crippen molar-refractivity contribution in [1.82, 2.24) is 20.0 Å². The first-order valence-electron chi connectivity index (χ1n) is 10.9. The number of benzene rings is 1. The molecule has 7 aromatic rings. The third-order valence-corrected chi connectivity index (χ3v) is 10.1. The van der Waals surface area contributed by atoms with Gasteiger partial charge in [0.1, 0.15) is 11.0 Å². The van der Waals surface area contributed by atoms with Crippen LogP contribution in [0.3, 0.4) is 0 Å². The highest BCUT2D eigenvalue weighted by Crippen LogP contribution is 2.43. The maximum atomic E-state index is 4.97. The smallest absolute Gasteiger partial charge is 0.122 e. The Balaban J connectivity index is 1.40. The number of thiophene rings is 4. The molecule has 0 saturated heterocycles. The second-order valence-electron chi connectivity index (χ2n) is 7.84. The Kier molecular flexibility index (Phi) is 5.17. The number of aromatic nitrogens is 4. The van der Waals surface area contributed by atoms with Gasteiger partial charge in [-0.15, -0.1) is 55.5 Å². The van der Waals surface area contributed by atoms with Gasteiger partial charge in [0, 0.05) is 52.8 Å². The normalized spacial score (nSPS) is 11.4. The summed E-state index contributed by atoms with van der Waals surface area (Å²) in [6, 6.07) is 25.6. The molecule has 0 aliphatic heterocycles. The van der Waals surface area contributed by atoms with Crippen LogP contribution in [0.5, 0.6) is 0 Å². The van der Waals surface area contributed by atoms with Crippen LogP contribution >= 0.6 is 45.3 Å². The van der Waals surface area contributed by atoms with Crippen molar-refractivity contribution in [3.8, 4) is 46.1 Å². The monoisotopic (exact) mass is 524 g/mol. The van der Waals surface area contributed by atoms with Crippen LogP contribution < -0.4 is 0 Å². The first-order chi connectivity index (χ1) is 17.3. The van der Waals surface area contributed by atoms with Gasteiger partial charge in [0.15, 0.2) is 0 Å². The summed E-state index contributed by atoms with van der Waals surface area (Å²) in [4.78, 5) is 13.4. The lowest BCUT2D eigenvalue weighted by atomic mass is 10.1. The van der Waals surface area contributed by atoms with Gasteiger partial charge in [0.2, 0.25) is 0 Å². The Morgan fingerprint density at radius 3 is 1.51 bits per heavy atom. The fourth-order valence-corrected chi connectivity index (χ4v) is 7.79. The number of hydrogen-bond acceptors (Lipinski definition) is 7. The zero-order valence-electron chi connectivity index (χ0n) is 18.2. The van der Waals surface area contributed by atoms with Crippen LogP contribution in [0.15, 0.2) is 96.0 Å². The first-order valence-corrected chi connectivity index (χ1v) is 14.3. The summed E-state index contributed by atoms with van der Waals surface area (Å²) in [5.41, 5.74) is 4.91. The summed E-state index contributed by atoms with van der Waals surface area (Å²) < 4.78 is 0. The molecule has 0 radical (unpaired) electrons. The Hall–Kier alpha value is -3.43. The summed E-state index contributed by atoms with van der Waals surface area (Å²) >= 11 is 7.12. The van der Waals surface area contributed by atoms with Gasteiger partial charge < -0.3 is 0 Å². The van der Waals surface area contributed by atoms with Crippen molar-refractivity contribution in [1.29, 1.82) is 0 Å². The first kappa shape index (κ1) is 20.9. The van der Waals surface area contributed by atoms with Gasteiger partial charge >= 0.3 is 0 Å². The highest BCUT2D eigenvalue weighted by molar-refractivity contribution is 7.24. The van der Waals surface area contributed by atoms with Crippen LogP contribution in [0.2, 0.25) is 0 Å². The molecule has 0 atom stereocenters. The molecule has 0 N–H and O–H groups in total. The largest absolute Gasteiger partial charge is 0.265 e. The zero-order valence-corrected chi connectivity index (χ0v) is 21.4. The average Bonchev–Trinajstić information content (AvgIpc) is 3.73. The topological polar surface area (TPSA) is 43.6 Å². The molecule has 0 amide bonds. The lowest BCUT2D eigenvalue weighted by molar-refractivity contribution is 0.764. The predicted octanol–water partition coefficient (Wildman–Crippen LogP) is 8.73. The third kappa shape index (κ3) is 3.75. The number of fused-ring (bicyclic) bond motifs is 1. The van der Waals surface area contributed by atoms with Crippen molar-refractivity contribution in [3.05, 3.63) is 96.0 Å². The summed E-state index contributed by atoms with van der Waals surface area (Å²) in [7, 11) is 0. The van der Waals surface area contributed by atoms with Gasteiger partial charge in [-0.2, -0.15) is 4.80 Å². The maximum Gasteiger partial charge on any atom is 0.122 e. The molecule has 168 valence electrons. The van der Waals surface area contributed by atoms with Crippen LogP contribution in [0, 0.1) is 0 Å². The SMILES string of the molecule is c1csc(-c2ccc(-c3ccc(-c4ccc(-c5cccs5)s4)c4nn(-c5ccncc5)nc34)s2)c1. The van der Waals surface area contributed by atoms with E-state index < -0.39 is 0 Å². The van der Waals surface area contributed by atoms with E-state index in [2.05, 4.69) is 76.4 Å². The molecule has 8 heteroatoms. The number of pyridine rings is 1. The molecule has 6 aromatic heterocycles. The van der Waals surface area contributed by atoms with Crippen LogP contribution in [-0.2, 0) is 0 Å². The average molecular weight is 525 g/mol. The fourth-order valence-electron chi connectivity index (χ4n) is 4.05. The molecule has 1 aromatic carbocycles. The van der Waals surface area contributed by atoms with Gasteiger partial charge in [0.05, 0.1) is 5.69 Å². The molecule has 0 bridgehead atoms. The van der Waals surface area contributed by atoms with Crippen LogP contribution in [0.4, 0.5) is 0 Å². The molecule has 7 rings (SSSR count). The predicted molar refractivity (Wildman–Crippen MR) is 150 cm³/mol. The van der Waals surface area contributed by atoms with Crippen molar-refractivity contribution in [2.45, 2.75) is 0 Å². The molecular weight excluding hydrogens is 509 g/mol. The van der Waals surface area contributed by atoms with Crippen molar-refractivity contribution in [2.24, 2.45) is 0 Å². The fraction of sp³-hybridized carbons (Fsp3) is 0. The van der Waals surface area contributed by atoms with E-state index in [4.69, 9.17) is 10.2 Å². The van der Waals surface area contributed by atoms with E-state index in [1.54, 1.807) is 62.5 Å². The van der Waals surface area contributed by atoms with Crippen molar-refractivity contribution < 1.29 is 0 Å². The Morgan fingerprint density at radius 2 is 1.03 bits per heavy atom. The van der Waals surface area contributed by atoms with E-state index in [0.717, 1.165) is 27.8 Å². The van der Waals surface area contributed by atoms with Gasteiger partial charge in [-0.05, 0) is 59.3 Å². The molecule has 0 unspecified atom stereocenters. The minimum Gasteiger partial charge on any atom is -0.265 e. The van der Waals surface area contributed by atoms with E-state index in [1.165, 1.54) is 29.3 Å². The minimum atomic E-state index is 0.893. The second kappa shape index (κ2) is 8.66. The highest BCUT2D eigenvalue weighted by atomic mass is 32.1. The Bertz CT molecular complexity index is 1630. The van der Waals surface area contributed by atoms with Crippen molar-refractivity contribution >= 4 is 56.4 Å². The van der Waals surface area contributed by atoms with Crippen LogP contribution in [0.25, 0.3) is 57.1 Å². The van der Waals surface area contributed by atoms with E-state index in [9.17, 15) is 0 Å². The van der Waals surface area contributed by atoms with E-state index in [1.807, 2.05) is 12.1 Å². The Morgan fingerprint density at radius 1 is 0.514 bits per heavy atom. The summed E-state index contributed by atoms with van der Waals surface area (Å²) in [6.07, 6.45) is 3.54. The molecule has 0 fully saturated rings. The minimum absolute atomic E-state index is 0.893.